The summed E-state index contributed by atoms with van der Waals surface area (Å²) in [5.41, 5.74) is 7.94. The van der Waals surface area contributed by atoms with Crippen molar-refractivity contribution in [3.63, 3.8) is 0 Å². The number of nitriles is 1. The van der Waals surface area contributed by atoms with E-state index < -0.39 is 6.23 Å². The molecule has 1 aromatic rings. The molecular formula is C18H17ClN2O2. The van der Waals surface area contributed by atoms with Gasteiger partial charge in [-0.05, 0) is 23.1 Å². The van der Waals surface area contributed by atoms with Gasteiger partial charge in [-0.15, -0.1) is 0 Å². The van der Waals surface area contributed by atoms with Gasteiger partial charge in [0.25, 0.3) is 0 Å². The molecule has 0 radical (unpaired) electrons. The standard InChI is InChI=1S/C18H17ClN2O2/c1-18(2)7-13(22)16-14(8-18)23-17(21)12(9-20)15(16)10-3-5-11(19)6-4-10/h3-6,17H,7-8,21H2,1-2H3. The van der Waals surface area contributed by atoms with Crippen LogP contribution in [0.2, 0.25) is 5.02 Å². The summed E-state index contributed by atoms with van der Waals surface area (Å²) in [6.07, 6.45) is 0.184. The second-order valence-electron chi connectivity index (χ2n) is 6.68. The monoisotopic (exact) mass is 328 g/mol. The van der Waals surface area contributed by atoms with Crippen molar-refractivity contribution in [2.75, 3.05) is 0 Å². The zero-order valence-electron chi connectivity index (χ0n) is 13.0. The number of allylic oxidation sites excluding steroid dienone is 3. The summed E-state index contributed by atoms with van der Waals surface area (Å²) in [7, 11) is 0. The Hall–Kier alpha value is -2.09. The highest BCUT2D eigenvalue weighted by atomic mass is 35.5. The first-order chi connectivity index (χ1) is 10.8. The molecule has 1 aliphatic heterocycles. The minimum absolute atomic E-state index is 0.0131. The Labute approximate surface area is 140 Å². The first-order valence-electron chi connectivity index (χ1n) is 7.41. The van der Waals surface area contributed by atoms with Crippen LogP contribution >= 0.6 is 11.6 Å². The van der Waals surface area contributed by atoms with Crippen LogP contribution in [0.3, 0.4) is 0 Å². The molecule has 0 saturated carbocycles. The van der Waals surface area contributed by atoms with E-state index in [9.17, 15) is 10.1 Å². The number of hydrogen-bond acceptors (Lipinski definition) is 4. The van der Waals surface area contributed by atoms with Gasteiger partial charge in [0.05, 0.1) is 11.1 Å². The average molecular weight is 329 g/mol. The average Bonchev–Trinajstić information content (AvgIpc) is 2.45. The molecule has 1 heterocycles. The minimum atomic E-state index is -0.855. The highest BCUT2D eigenvalue weighted by Crippen LogP contribution is 2.45. The van der Waals surface area contributed by atoms with Crippen molar-refractivity contribution in [3.05, 3.63) is 51.8 Å². The van der Waals surface area contributed by atoms with E-state index in [0.29, 0.717) is 34.8 Å². The Morgan fingerprint density at radius 1 is 1.26 bits per heavy atom. The second kappa shape index (κ2) is 5.52. The lowest BCUT2D eigenvalue weighted by Crippen LogP contribution is -2.36. The number of carbonyl (C=O) groups excluding carboxylic acids is 1. The Bertz CT molecular complexity index is 782. The number of Topliss-reactive ketones (excluding diaryl/α,β-unsaturated/α-hetero) is 1. The molecule has 1 unspecified atom stereocenters. The van der Waals surface area contributed by atoms with Crippen molar-refractivity contribution in [2.45, 2.75) is 32.9 Å². The van der Waals surface area contributed by atoms with E-state index in [-0.39, 0.29) is 16.8 Å². The van der Waals surface area contributed by atoms with Gasteiger partial charge < -0.3 is 4.74 Å². The molecule has 1 aliphatic carbocycles. The molecule has 23 heavy (non-hydrogen) atoms. The Kier molecular flexibility index (Phi) is 3.79. The summed E-state index contributed by atoms with van der Waals surface area (Å²) in [6, 6.07) is 9.16. The zero-order chi connectivity index (χ0) is 16.8. The first kappa shape index (κ1) is 15.8. The number of rotatable bonds is 1. The van der Waals surface area contributed by atoms with Gasteiger partial charge in [0, 0.05) is 23.4 Å². The quantitative estimate of drug-likeness (QED) is 0.855. The van der Waals surface area contributed by atoms with Gasteiger partial charge in [-0.25, -0.2) is 0 Å². The fraction of sp³-hybridized carbons (Fsp3) is 0.333. The highest BCUT2D eigenvalue weighted by Gasteiger charge is 2.40. The van der Waals surface area contributed by atoms with Crippen LogP contribution in [-0.4, -0.2) is 12.0 Å². The van der Waals surface area contributed by atoms with Crippen molar-refractivity contribution < 1.29 is 9.53 Å². The van der Waals surface area contributed by atoms with E-state index in [4.69, 9.17) is 22.1 Å². The van der Waals surface area contributed by atoms with Gasteiger partial charge in [0.1, 0.15) is 11.8 Å². The van der Waals surface area contributed by atoms with E-state index in [1.165, 1.54) is 0 Å². The van der Waals surface area contributed by atoms with E-state index in [0.717, 1.165) is 5.56 Å². The Balaban J connectivity index is 2.23. The molecule has 0 spiro atoms. The van der Waals surface area contributed by atoms with Crippen LogP contribution < -0.4 is 5.73 Å². The Morgan fingerprint density at radius 3 is 2.52 bits per heavy atom. The smallest absolute Gasteiger partial charge is 0.184 e. The molecule has 2 aliphatic rings. The fourth-order valence-electron chi connectivity index (χ4n) is 3.17. The third-order valence-electron chi connectivity index (χ3n) is 4.16. The lowest BCUT2D eigenvalue weighted by atomic mass is 9.72. The van der Waals surface area contributed by atoms with Gasteiger partial charge in [-0.3, -0.25) is 10.5 Å². The van der Waals surface area contributed by atoms with Gasteiger partial charge in [-0.1, -0.05) is 37.6 Å². The molecule has 1 atom stereocenters. The normalized spacial score (nSPS) is 23.3. The second-order valence-corrected chi connectivity index (χ2v) is 7.12. The van der Waals surface area contributed by atoms with Crippen molar-refractivity contribution in [1.29, 1.82) is 5.26 Å². The maximum absolute atomic E-state index is 12.7. The number of ketones is 1. The molecule has 0 bridgehead atoms. The molecule has 1 aromatic carbocycles. The van der Waals surface area contributed by atoms with Gasteiger partial charge in [0.2, 0.25) is 0 Å². The van der Waals surface area contributed by atoms with Crippen LogP contribution in [0.25, 0.3) is 5.57 Å². The maximum atomic E-state index is 12.7. The largest absolute Gasteiger partial charge is 0.474 e. The molecule has 0 fully saturated rings. The van der Waals surface area contributed by atoms with Crippen LogP contribution in [0.1, 0.15) is 32.3 Å². The number of carbonyl (C=O) groups is 1. The van der Waals surface area contributed by atoms with Crippen LogP contribution in [0.5, 0.6) is 0 Å². The molecular weight excluding hydrogens is 312 g/mol. The third-order valence-corrected chi connectivity index (χ3v) is 4.41. The van der Waals surface area contributed by atoms with Crippen LogP contribution in [0.15, 0.2) is 41.2 Å². The number of halogens is 1. The summed E-state index contributed by atoms with van der Waals surface area (Å²) < 4.78 is 5.71. The summed E-state index contributed by atoms with van der Waals surface area (Å²) in [5, 5.41) is 10.1. The summed E-state index contributed by atoms with van der Waals surface area (Å²) in [5.74, 6) is 0.573. The van der Waals surface area contributed by atoms with Crippen LogP contribution in [0, 0.1) is 16.7 Å². The van der Waals surface area contributed by atoms with Crippen LogP contribution in [-0.2, 0) is 9.53 Å². The zero-order valence-corrected chi connectivity index (χ0v) is 13.8. The van der Waals surface area contributed by atoms with Gasteiger partial charge in [0.15, 0.2) is 12.0 Å². The van der Waals surface area contributed by atoms with E-state index in [2.05, 4.69) is 6.07 Å². The topological polar surface area (TPSA) is 76.1 Å². The number of nitrogens with zero attached hydrogens (tertiary/aromatic N) is 1. The SMILES string of the molecule is CC1(C)CC(=O)C2=C(C1)OC(N)C(C#N)=C2c1ccc(Cl)cc1. The lowest BCUT2D eigenvalue weighted by Gasteiger charge is -2.37. The summed E-state index contributed by atoms with van der Waals surface area (Å²) in [4.78, 5) is 12.7. The van der Waals surface area contributed by atoms with E-state index in [1.54, 1.807) is 24.3 Å². The molecule has 0 saturated heterocycles. The maximum Gasteiger partial charge on any atom is 0.184 e. The lowest BCUT2D eigenvalue weighted by molar-refractivity contribution is -0.118. The number of ether oxygens (including phenoxy) is 1. The van der Waals surface area contributed by atoms with Crippen molar-refractivity contribution in [2.24, 2.45) is 11.1 Å². The van der Waals surface area contributed by atoms with Crippen LogP contribution in [0.4, 0.5) is 0 Å². The van der Waals surface area contributed by atoms with Crippen molar-refractivity contribution >= 4 is 23.0 Å². The first-order valence-corrected chi connectivity index (χ1v) is 7.79. The molecule has 5 heteroatoms. The molecule has 0 amide bonds. The molecule has 3 rings (SSSR count). The van der Waals surface area contributed by atoms with E-state index in [1.807, 2.05) is 13.8 Å². The summed E-state index contributed by atoms with van der Waals surface area (Å²) in [6.45, 7) is 4.05. The van der Waals surface area contributed by atoms with Crippen molar-refractivity contribution in [1.82, 2.24) is 0 Å². The van der Waals surface area contributed by atoms with Crippen molar-refractivity contribution in [3.8, 4) is 6.07 Å². The highest BCUT2D eigenvalue weighted by molar-refractivity contribution is 6.30. The molecule has 4 nitrogen and oxygen atoms in total. The van der Waals surface area contributed by atoms with Gasteiger partial charge in [-0.2, -0.15) is 5.26 Å². The van der Waals surface area contributed by atoms with Gasteiger partial charge >= 0.3 is 0 Å². The molecule has 118 valence electrons. The summed E-state index contributed by atoms with van der Waals surface area (Å²) >= 11 is 5.94. The number of benzene rings is 1. The fourth-order valence-corrected chi connectivity index (χ4v) is 3.29. The number of nitrogens with two attached hydrogens (primary N) is 1. The Morgan fingerprint density at radius 2 is 1.91 bits per heavy atom. The molecule has 2 N–H and O–H groups in total. The minimum Gasteiger partial charge on any atom is -0.474 e. The predicted octanol–water partition coefficient (Wildman–Crippen LogP) is 3.58. The predicted molar refractivity (Wildman–Crippen MR) is 88.1 cm³/mol. The van der Waals surface area contributed by atoms with E-state index >= 15 is 0 Å². The number of hydrogen-bond donors (Lipinski definition) is 1. The third kappa shape index (κ3) is 2.78. The molecule has 0 aromatic heterocycles.